The number of unbranched alkanes of at least 4 members (excludes halogenated alkanes) is 2. The molecule has 1 aliphatic carbocycles. The Labute approximate surface area is 81.5 Å². The fourth-order valence-corrected chi connectivity index (χ4v) is 1.75. The molecule has 1 aliphatic rings. The van der Waals surface area contributed by atoms with Crippen LogP contribution in [0.25, 0.3) is 0 Å². The first-order chi connectivity index (χ1) is 6.34. The molecular weight excluding hydrogens is 160 g/mol. The number of aliphatic hydroxyl groups is 1. The minimum atomic E-state index is -0.150. The van der Waals surface area contributed by atoms with Gasteiger partial charge in [-0.15, -0.1) is 5.92 Å². The van der Waals surface area contributed by atoms with E-state index in [0.717, 1.165) is 19.3 Å². The summed E-state index contributed by atoms with van der Waals surface area (Å²) in [5.41, 5.74) is 0. The van der Waals surface area contributed by atoms with Gasteiger partial charge in [0.1, 0.15) is 0 Å². The van der Waals surface area contributed by atoms with E-state index in [2.05, 4.69) is 18.8 Å². The van der Waals surface area contributed by atoms with Gasteiger partial charge < -0.3 is 5.11 Å². The average molecular weight is 180 g/mol. The maximum Gasteiger partial charge on any atom is 0.0677 e. The predicted octanol–water partition coefficient (Wildman–Crippen LogP) is 2.73. The van der Waals surface area contributed by atoms with E-state index < -0.39 is 0 Å². The van der Waals surface area contributed by atoms with Gasteiger partial charge in [0, 0.05) is 12.3 Å². The van der Waals surface area contributed by atoms with Gasteiger partial charge >= 0.3 is 0 Å². The van der Waals surface area contributed by atoms with Gasteiger partial charge in [-0.1, -0.05) is 32.1 Å². The molecular formula is C12H20O. The smallest absolute Gasteiger partial charge is 0.0677 e. The number of hydrogen-bond acceptors (Lipinski definition) is 1. The number of aliphatic hydroxyl groups excluding tert-OH is 1. The summed E-state index contributed by atoms with van der Waals surface area (Å²) in [7, 11) is 0. The minimum absolute atomic E-state index is 0.150. The second kappa shape index (κ2) is 6.05. The van der Waals surface area contributed by atoms with Gasteiger partial charge in [-0.3, -0.25) is 0 Å². The molecule has 0 saturated heterocycles. The molecule has 0 heterocycles. The number of rotatable bonds is 2. The molecule has 0 aromatic heterocycles. The SMILES string of the molecule is CCCCC#C[C@H]1CCCC[C@@H]1O. The van der Waals surface area contributed by atoms with Gasteiger partial charge in [0.15, 0.2) is 0 Å². The van der Waals surface area contributed by atoms with E-state index in [1.54, 1.807) is 0 Å². The van der Waals surface area contributed by atoms with Crippen molar-refractivity contribution < 1.29 is 5.11 Å². The fourth-order valence-electron chi connectivity index (χ4n) is 1.75. The Morgan fingerprint density at radius 1 is 1.31 bits per heavy atom. The molecule has 0 bridgehead atoms. The highest BCUT2D eigenvalue weighted by Gasteiger charge is 2.20. The Morgan fingerprint density at radius 2 is 2.08 bits per heavy atom. The molecule has 2 atom stereocenters. The van der Waals surface area contributed by atoms with Crippen LogP contribution in [-0.4, -0.2) is 11.2 Å². The monoisotopic (exact) mass is 180 g/mol. The zero-order chi connectivity index (χ0) is 9.52. The zero-order valence-corrected chi connectivity index (χ0v) is 8.55. The molecule has 1 nitrogen and oxygen atoms in total. The molecule has 0 aliphatic heterocycles. The Kier molecular flexibility index (Phi) is 4.93. The van der Waals surface area contributed by atoms with Crippen molar-refractivity contribution in [3.8, 4) is 11.8 Å². The lowest BCUT2D eigenvalue weighted by Gasteiger charge is -2.22. The Balaban J connectivity index is 2.27. The molecule has 1 fully saturated rings. The molecule has 0 aromatic carbocycles. The quantitative estimate of drug-likeness (QED) is 0.511. The summed E-state index contributed by atoms with van der Waals surface area (Å²) in [5.74, 6) is 6.65. The van der Waals surface area contributed by atoms with E-state index in [9.17, 15) is 5.11 Å². The van der Waals surface area contributed by atoms with Gasteiger partial charge in [-0.25, -0.2) is 0 Å². The van der Waals surface area contributed by atoms with Crippen molar-refractivity contribution in [3.05, 3.63) is 0 Å². The highest BCUT2D eigenvalue weighted by molar-refractivity contribution is 5.06. The van der Waals surface area contributed by atoms with Crippen LogP contribution in [0, 0.1) is 17.8 Å². The summed E-state index contributed by atoms with van der Waals surface area (Å²) in [5, 5.41) is 9.62. The highest BCUT2D eigenvalue weighted by atomic mass is 16.3. The number of hydrogen-bond donors (Lipinski definition) is 1. The molecule has 0 aromatic rings. The van der Waals surface area contributed by atoms with Crippen molar-refractivity contribution in [1.82, 2.24) is 0 Å². The lowest BCUT2D eigenvalue weighted by Crippen LogP contribution is -2.22. The van der Waals surface area contributed by atoms with Crippen molar-refractivity contribution in [3.63, 3.8) is 0 Å². The van der Waals surface area contributed by atoms with Crippen LogP contribution in [0.15, 0.2) is 0 Å². The average Bonchev–Trinajstić information content (AvgIpc) is 2.15. The molecule has 0 spiro atoms. The van der Waals surface area contributed by atoms with E-state index in [-0.39, 0.29) is 12.0 Å². The first-order valence-electron chi connectivity index (χ1n) is 5.51. The maximum absolute atomic E-state index is 9.62. The third-order valence-electron chi connectivity index (χ3n) is 2.67. The normalized spacial score (nSPS) is 27.8. The van der Waals surface area contributed by atoms with Crippen LogP contribution >= 0.6 is 0 Å². The Morgan fingerprint density at radius 3 is 2.77 bits per heavy atom. The van der Waals surface area contributed by atoms with E-state index >= 15 is 0 Å². The van der Waals surface area contributed by atoms with E-state index in [4.69, 9.17) is 0 Å². The van der Waals surface area contributed by atoms with Gasteiger partial charge in [0.05, 0.1) is 6.10 Å². The summed E-state index contributed by atoms with van der Waals surface area (Å²) in [4.78, 5) is 0. The highest BCUT2D eigenvalue weighted by Crippen LogP contribution is 2.23. The lowest BCUT2D eigenvalue weighted by atomic mass is 9.87. The standard InChI is InChI=1S/C12H20O/c1-2-3-4-5-8-11-9-6-7-10-12(11)13/h11-13H,2-4,6-7,9-10H2,1H3/t11-,12-/m0/s1. The van der Waals surface area contributed by atoms with Crippen LogP contribution in [0.4, 0.5) is 0 Å². The first kappa shape index (κ1) is 10.6. The summed E-state index contributed by atoms with van der Waals surface area (Å²) in [6.07, 6.45) is 7.71. The molecule has 1 saturated carbocycles. The van der Waals surface area contributed by atoms with Gasteiger partial charge in [0.25, 0.3) is 0 Å². The molecule has 0 amide bonds. The predicted molar refractivity (Wildman–Crippen MR) is 55.3 cm³/mol. The molecule has 1 heteroatoms. The van der Waals surface area contributed by atoms with Crippen LogP contribution in [0.3, 0.4) is 0 Å². The zero-order valence-electron chi connectivity index (χ0n) is 8.55. The van der Waals surface area contributed by atoms with Crippen molar-refractivity contribution >= 4 is 0 Å². The van der Waals surface area contributed by atoms with Crippen LogP contribution in [0.1, 0.15) is 51.9 Å². The second-order valence-electron chi connectivity index (χ2n) is 3.88. The van der Waals surface area contributed by atoms with E-state index in [1.165, 1.54) is 25.7 Å². The van der Waals surface area contributed by atoms with Crippen LogP contribution < -0.4 is 0 Å². The van der Waals surface area contributed by atoms with Gasteiger partial charge in [0.2, 0.25) is 0 Å². The molecule has 0 unspecified atom stereocenters. The molecule has 1 N–H and O–H groups in total. The third kappa shape index (κ3) is 3.83. The van der Waals surface area contributed by atoms with Crippen molar-refractivity contribution in [1.29, 1.82) is 0 Å². The Bertz CT molecular complexity index is 187. The van der Waals surface area contributed by atoms with Crippen molar-refractivity contribution in [2.75, 3.05) is 0 Å². The van der Waals surface area contributed by atoms with E-state index in [0.29, 0.717) is 0 Å². The molecule has 13 heavy (non-hydrogen) atoms. The fraction of sp³-hybridized carbons (Fsp3) is 0.833. The lowest BCUT2D eigenvalue weighted by molar-refractivity contribution is 0.0969. The van der Waals surface area contributed by atoms with Gasteiger partial charge in [-0.05, 0) is 19.3 Å². The van der Waals surface area contributed by atoms with Crippen LogP contribution in [0.2, 0.25) is 0 Å². The van der Waals surface area contributed by atoms with Crippen molar-refractivity contribution in [2.45, 2.75) is 58.0 Å². The van der Waals surface area contributed by atoms with Crippen molar-refractivity contribution in [2.24, 2.45) is 5.92 Å². The minimum Gasteiger partial charge on any atom is -0.392 e. The summed E-state index contributed by atoms with van der Waals surface area (Å²) >= 11 is 0. The van der Waals surface area contributed by atoms with Crippen LogP contribution in [0.5, 0.6) is 0 Å². The first-order valence-corrected chi connectivity index (χ1v) is 5.51. The summed E-state index contributed by atoms with van der Waals surface area (Å²) in [6.45, 7) is 2.18. The van der Waals surface area contributed by atoms with Crippen LogP contribution in [-0.2, 0) is 0 Å². The maximum atomic E-state index is 9.62. The summed E-state index contributed by atoms with van der Waals surface area (Å²) in [6, 6.07) is 0. The largest absolute Gasteiger partial charge is 0.392 e. The molecule has 0 radical (unpaired) electrons. The topological polar surface area (TPSA) is 20.2 Å². The third-order valence-corrected chi connectivity index (χ3v) is 2.67. The molecule has 74 valence electrons. The second-order valence-corrected chi connectivity index (χ2v) is 3.88. The summed E-state index contributed by atoms with van der Waals surface area (Å²) < 4.78 is 0. The van der Waals surface area contributed by atoms with Gasteiger partial charge in [-0.2, -0.15) is 0 Å². The molecule has 1 rings (SSSR count). The Hall–Kier alpha value is -0.480. The van der Waals surface area contributed by atoms with E-state index in [1.807, 2.05) is 0 Å².